The van der Waals surface area contributed by atoms with Gasteiger partial charge in [-0.2, -0.15) is 0 Å². The largest absolute Gasteiger partial charge is 0.359 e. The number of benzene rings is 1. The first kappa shape index (κ1) is 16.5. The third-order valence-electron chi connectivity index (χ3n) is 3.66. The minimum Gasteiger partial charge on any atom is -0.359 e. The average molecular weight is 315 g/mol. The molecule has 0 bridgehead atoms. The van der Waals surface area contributed by atoms with Crippen molar-refractivity contribution in [2.45, 2.75) is 19.4 Å². The first-order valence-electron chi connectivity index (χ1n) is 7.34. The zero-order chi connectivity index (χ0) is 16.8. The van der Waals surface area contributed by atoms with Crippen molar-refractivity contribution in [3.05, 3.63) is 43.0 Å². The maximum absolute atomic E-state index is 12.2. The molecule has 0 aliphatic rings. The zero-order valence-corrected chi connectivity index (χ0v) is 13.5. The molecule has 2 N–H and O–H groups in total. The van der Waals surface area contributed by atoms with Gasteiger partial charge in [0.15, 0.2) is 0 Å². The number of anilines is 1. The van der Waals surface area contributed by atoms with Gasteiger partial charge in [0.05, 0.1) is 6.33 Å². The van der Waals surface area contributed by atoms with Crippen molar-refractivity contribution in [3.8, 4) is 5.69 Å². The minimum atomic E-state index is -0.253. The summed E-state index contributed by atoms with van der Waals surface area (Å²) in [6.45, 7) is 1.83. The molecule has 0 unspecified atom stereocenters. The van der Waals surface area contributed by atoms with Crippen LogP contribution in [0.3, 0.4) is 0 Å². The summed E-state index contributed by atoms with van der Waals surface area (Å²) in [4.78, 5) is 29.1. The molecule has 1 atom stereocenters. The van der Waals surface area contributed by atoms with E-state index in [4.69, 9.17) is 0 Å². The van der Waals surface area contributed by atoms with Crippen molar-refractivity contribution in [2.24, 2.45) is 0 Å². The lowest BCUT2D eigenvalue weighted by atomic mass is 10.2. The third-order valence-corrected chi connectivity index (χ3v) is 3.66. The Morgan fingerprint density at radius 1 is 1.30 bits per heavy atom. The van der Waals surface area contributed by atoms with E-state index in [0.717, 1.165) is 5.69 Å². The number of nitrogens with zero attached hydrogens (tertiary/aromatic N) is 3. The van der Waals surface area contributed by atoms with Gasteiger partial charge in [-0.25, -0.2) is 9.78 Å². The standard InChI is InChI=1S/C16H21N5O2/c1-12(10-15(22)17-2)20(3)16(23)19-13-4-6-14(7-5-13)21-9-8-18-11-21/h4-9,11-12H,10H2,1-3H3,(H,17,22)(H,19,23)/t12-/m0/s1. The van der Waals surface area contributed by atoms with Crippen molar-refractivity contribution < 1.29 is 9.59 Å². The molecule has 7 nitrogen and oxygen atoms in total. The van der Waals surface area contributed by atoms with Crippen LogP contribution >= 0.6 is 0 Å². The Bertz CT molecular complexity index is 652. The van der Waals surface area contributed by atoms with Crippen LogP contribution < -0.4 is 10.6 Å². The highest BCUT2D eigenvalue weighted by atomic mass is 16.2. The van der Waals surface area contributed by atoms with Gasteiger partial charge < -0.3 is 20.1 Å². The molecule has 3 amide bonds. The predicted octanol–water partition coefficient (Wildman–Crippen LogP) is 1.86. The number of aromatic nitrogens is 2. The number of nitrogens with one attached hydrogen (secondary N) is 2. The number of hydrogen-bond acceptors (Lipinski definition) is 3. The van der Waals surface area contributed by atoms with Crippen LogP contribution in [-0.4, -0.2) is 46.5 Å². The van der Waals surface area contributed by atoms with Crippen LogP contribution in [0.5, 0.6) is 0 Å². The van der Waals surface area contributed by atoms with E-state index in [1.165, 1.54) is 4.90 Å². The molecule has 0 spiro atoms. The van der Waals surface area contributed by atoms with E-state index in [2.05, 4.69) is 15.6 Å². The Morgan fingerprint density at radius 2 is 2.00 bits per heavy atom. The second-order valence-electron chi connectivity index (χ2n) is 5.28. The fraction of sp³-hybridized carbons (Fsp3) is 0.312. The Morgan fingerprint density at radius 3 is 2.57 bits per heavy atom. The molecule has 7 heteroatoms. The molecular formula is C16H21N5O2. The number of rotatable bonds is 5. The van der Waals surface area contributed by atoms with Gasteiger partial charge >= 0.3 is 6.03 Å². The lowest BCUT2D eigenvalue weighted by molar-refractivity contribution is -0.121. The monoisotopic (exact) mass is 315 g/mol. The highest BCUT2D eigenvalue weighted by Gasteiger charge is 2.18. The number of amides is 3. The topological polar surface area (TPSA) is 79.3 Å². The second-order valence-corrected chi connectivity index (χ2v) is 5.28. The average Bonchev–Trinajstić information content (AvgIpc) is 3.09. The van der Waals surface area contributed by atoms with Crippen molar-refractivity contribution in [1.29, 1.82) is 0 Å². The molecule has 0 radical (unpaired) electrons. The Hall–Kier alpha value is -2.83. The Labute approximate surface area is 135 Å². The van der Waals surface area contributed by atoms with Gasteiger partial charge in [-0.3, -0.25) is 4.79 Å². The highest BCUT2D eigenvalue weighted by molar-refractivity contribution is 5.89. The zero-order valence-electron chi connectivity index (χ0n) is 13.5. The fourth-order valence-electron chi connectivity index (χ4n) is 2.05. The van der Waals surface area contributed by atoms with Crippen LogP contribution in [0.2, 0.25) is 0 Å². The summed E-state index contributed by atoms with van der Waals surface area (Å²) in [5, 5.41) is 5.37. The van der Waals surface area contributed by atoms with Crippen molar-refractivity contribution in [1.82, 2.24) is 19.8 Å². The molecule has 0 saturated carbocycles. The number of hydrogen-bond donors (Lipinski definition) is 2. The van der Waals surface area contributed by atoms with E-state index in [1.807, 2.05) is 42.0 Å². The molecule has 0 aliphatic heterocycles. The summed E-state index contributed by atoms with van der Waals surface area (Å²) in [6, 6.07) is 6.99. The van der Waals surface area contributed by atoms with Crippen LogP contribution in [-0.2, 0) is 4.79 Å². The second kappa shape index (κ2) is 7.44. The smallest absolute Gasteiger partial charge is 0.321 e. The molecular weight excluding hydrogens is 294 g/mol. The van der Waals surface area contributed by atoms with E-state index in [0.29, 0.717) is 5.69 Å². The maximum Gasteiger partial charge on any atom is 0.321 e. The van der Waals surface area contributed by atoms with Crippen molar-refractivity contribution in [2.75, 3.05) is 19.4 Å². The van der Waals surface area contributed by atoms with Gasteiger partial charge in [0.2, 0.25) is 5.91 Å². The molecule has 0 saturated heterocycles. The Balaban J connectivity index is 1.95. The number of imidazole rings is 1. The van der Waals surface area contributed by atoms with Gasteiger partial charge in [0.1, 0.15) is 0 Å². The highest BCUT2D eigenvalue weighted by Crippen LogP contribution is 2.14. The molecule has 23 heavy (non-hydrogen) atoms. The maximum atomic E-state index is 12.2. The Kier molecular flexibility index (Phi) is 5.35. The third kappa shape index (κ3) is 4.32. The van der Waals surface area contributed by atoms with Crippen molar-refractivity contribution in [3.63, 3.8) is 0 Å². The first-order valence-corrected chi connectivity index (χ1v) is 7.34. The lowest BCUT2D eigenvalue weighted by Crippen LogP contribution is -2.40. The van der Waals surface area contributed by atoms with Crippen LogP contribution in [0.1, 0.15) is 13.3 Å². The van der Waals surface area contributed by atoms with E-state index >= 15 is 0 Å². The molecule has 2 rings (SSSR count). The number of urea groups is 1. The van der Waals surface area contributed by atoms with Crippen LogP contribution in [0.4, 0.5) is 10.5 Å². The summed E-state index contributed by atoms with van der Waals surface area (Å²) >= 11 is 0. The summed E-state index contributed by atoms with van der Waals surface area (Å²) in [7, 11) is 3.25. The van der Waals surface area contributed by atoms with Crippen molar-refractivity contribution >= 4 is 17.6 Å². The van der Waals surface area contributed by atoms with E-state index in [-0.39, 0.29) is 24.4 Å². The summed E-state index contributed by atoms with van der Waals surface area (Å²) in [5.74, 6) is -0.0955. The quantitative estimate of drug-likeness (QED) is 0.884. The van der Waals surface area contributed by atoms with Gasteiger partial charge in [-0.1, -0.05) is 0 Å². The molecule has 1 aromatic heterocycles. The molecule has 0 aliphatic carbocycles. The fourth-order valence-corrected chi connectivity index (χ4v) is 2.05. The van der Waals surface area contributed by atoms with E-state index in [1.54, 1.807) is 26.6 Å². The normalized spacial score (nSPS) is 11.6. The molecule has 1 aromatic carbocycles. The lowest BCUT2D eigenvalue weighted by Gasteiger charge is -2.24. The summed E-state index contributed by atoms with van der Waals surface area (Å²) in [6.07, 6.45) is 5.53. The van der Waals surface area contributed by atoms with E-state index in [9.17, 15) is 9.59 Å². The molecule has 2 aromatic rings. The number of carbonyl (C=O) groups excluding carboxylic acids is 2. The van der Waals surface area contributed by atoms with Crippen LogP contribution in [0, 0.1) is 0 Å². The predicted molar refractivity (Wildman–Crippen MR) is 88.5 cm³/mol. The van der Waals surface area contributed by atoms with Crippen LogP contribution in [0.15, 0.2) is 43.0 Å². The molecule has 122 valence electrons. The van der Waals surface area contributed by atoms with Crippen LogP contribution in [0.25, 0.3) is 5.69 Å². The number of carbonyl (C=O) groups is 2. The molecule has 1 heterocycles. The summed E-state index contributed by atoms with van der Waals surface area (Å²) < 4.78 is 1.88. The summed E-state index contributed by atoms with van der Waals surface area (Å²) in [5.41, 5.74) is 1.65. The minimum absolute atomic E-state index is 0.0955. The van der Waals surface area contributed by atoms with Gasteiger partial charge in [-0.05, 0) is 31.2 Å². The molecule has 0 fully saturated rings. The van der Waals surface area contributed by atoms with E-state index < -0.39 is 0 Å². The van der Waals surface area contributed by atoms with Gasteiger partial charge in [0.25, 0.3) is 0 Å². The first-order chi connectivity index (χ1) is 11.0. The SMILES string of the molecule is CNC(=O)C[C@H](C)N(C)C(=O)Nc1ccc(-n2ccnc2)cc1. The van der Waals surface area contributed by atoms with Gasteiger partial charge in [-0.15, -0.1) is 0 Å². The van der Waals surface area contributed by atoms with Gasteiger partial charge in [0, 0.05) is 50.3 Å².